The number of ether oxygens (including phenoxy) is 1. The number of halogens is 4. The maximum Gasteiger partial charge on any atom is 0.416 e. The fourth-order valence-corrected chi connectivity index (χ4v) is 2.16. The van der Waals surface area contributed by atoms with E-state index in [1.807, 2.05) is 0 Å². The topological polar surface area (TPSA) is 67.4 Å². The van der Waals surface area contributed by atoms with Gasteiger partial charge in [-0.1, -0.05) is 17.7 Å². The van der Waals surface area contributed by atoms with Gasteiger partial charge in [0.1, 0.15) is 5.75 Å². The molecular weight excluding hydrogens is 373 g/mol. The van der Waals surface area contributed by atoms with Crippen molar-refractivity contribution in [3.63, 3.8) is 0 Å². The third-order valence-corrected chi connectivity index (χ3v) is 3.42. The molecule has 0 aliphatic carbocycles. The summed E-state index contributed by atoms with van der Waals surface area (Å²) in [5, 5.41) is 4.80. The highest BCUT2D eigenvalue weighted by atomic mass is 35.5. The summed E-state index contributed by atoms with van der Waals surface area (Å²) in [7, 11) is 0. The molecule has 9 heteroatoms. The summed E-state index contributed by atoms with van der Waals surface area (Å²) in [6.07, 6.45) is -4.55. The molecule has 0 heterocycles. The lowest BCUT2D eigenvalue weighted by atomic mass is 10.2. The number of benzene rings is 2. The maximum atomic E-state index is 12.7. The van der Waals surface area contributed by atoms with E-state index in [0.717, 1.165) is 18.2 Å². The number of hydrogen-bond acceptors (Lipinski definition) is 3. The minimum absolute atomic E-state index is 0.0287. The first-order valence-corrected chi connectivity index (χ1v) is 7.70. The Hall–Kier alpha value is -2.74. The molecule has 0 saturated carbocycles. The number of amides is 2. The fraction of sp³-hybridized carbons (Fsp3) is 0.176. The molecule has 0 radical (unpaired) electrons. The Bertz CT molecular complexity index is 825. The van der Waals surface area contributed by atoms with Crippen molar-refractivity contribution in [3.05, 3.63) is 53.1 Å². The van der Waals surface area contributed by atoms with E-state index in [4.69, 9.17) is 16.3 Å². The first-order chi connectivity index (χ1) is 12.1. The van der Waals surface area contributed by atoms with Gasteiger partial charge in [0, 0.05) is 18.7 Å². The second-order valence-corrected chi connectivity index (χ2v) is 5.65. The Morgan fingerprint density at radius 1 is 1.12 bits per heavy atom. The van der Waals surface area contributed by atoms with E-state index < -0.39 is 24.3 Å². The van der Waals surface area contributed by atoms with E-state index in [2.05, 4.69) is 10.6 Å². The van der Waals surface area contributed by atoms with Crippen LogP contribution in [0.25, 0.3) is 0 Å². The summed E-state index contributed by atoms with van der Waals surface area (Å²) >= 11 is 5.81. The first kappa shape index (κ1) is 19.6. The van der Waals surface area contributed by atoms with Crippen molar-refractivity contribution in [1.29, 1.82) is 0 Å². The molecule has 2 aromatic rings. The van der Waals surface area contributed by atoms with E-state index >= 15 is 0 Å². The number of carbonyl (C=O) groups excluding carboxylic acids is 2. The average molecular weight is 387 g/mol. The van der Waals surface area contributed by atoms with Gasteiger partial charge >= 0.3 is 6.18 Å². The van der Waals surface area contributed by atoms with Crippen molar-refractivity contribution in [2.75, 3.05) is 17.2 Å². The van der Waals surface area contributed by atoms with Crippen LogP contribution in [0.2, 0.25) is 5.02 Å². The number of alkyl halides is 3. The number of rotatable bonds is 5. The van der Waals surface area contributed by atoms with Crippen LogP contribution in [-0.4, -0.2) is 18.4 Å². The van der Waals surface area contributed by atoms with Gasteiger partial charge in [-0.05, 0) is 30.3 Å². The lowest BCUT2D eigenvalue weighted by molar-refractivity contribution is -0.137. The number of nitrogens with one attached hydrogen (secondary N) is 2. The second-order valence-electron chi connectivity index (χ2n) is 5.24. The zero-order valence-electron chi connectivity index (χ0n) is 13.5. The lowest BCUT2D eigenvalue weighted by Crippen LogP contribution is -2.21. The predicted molar refractivity (Wildman–Crippen MR) is 91.3 cm³/mol. The Morgan fingerprint density at radius 2 is 1.85 bits per heavy atom. The molecule has 5 nitrogen and oxygen atoms in total. The molecule has 0 fully saturated rings. The van der Waals surface area contributed by atoms with E-state index in [1.165, 1.54) is 13.0 Å². The number of carbonyl (C=O) groups is 2. The fourth-order valence-electron chi connectivity index (χ4n) is 2.00. The Labute approximate surface area is 152 Å². The molecule has 0 atom stereocenters. The SMILES string of the molecule is CC(=O)Nc1cccc(OCC(=O)Nc2cc(C(F)(F)F)ccc2Cl)c1. The minimum Gasteiger partial charge on any atom is -0.484 e. The average Bonchev–Trinajstić information content (AvgIpc) is 2.54. The van der Waals surface area contributed by atoms with Crippen LogP contribution in [0.15, 0.2) is 42.5 Å². The molecule has 0 saturated heterocycles. The third-order valence-electron chi connectivity index (χ3n) is 3.09. The zero-order chi connectivity index (χ0) is 19.3. The molecule has 2 N–H and O–H groups in total. The molecular formula is C17H14ClF3N2O3. The van der Waals surface area contributed by atoms with Crippen molar-refractivity contribution in [2.45, 2.75) is 13.1 Å². The standard InChI is InChI=1S/C17H14ClF3N2O3/c1-10(24)22-12-3-2-4-13(8-12)26-9-16(25)23-15-7-11(17(19,20)21)5-6-14(15)18/h2-8H,9H2,1H3,(H,22,24)(H,23,25). The molecule has 26 heavy (non-hydrogen) atoms. The third kappa shape index (κ3) is 5.66. The van der Waals surface area contributed by atoms with Crippen LogP contribution in [0.4, 0.5) is 24.5 Å². The van der Waals surface area contributed by atoms with E-state index in [0.29, 0.717) is 11.4 Å². The van der Waals surface area contributed by atoms with Crippen LogP contribution in [0, 0.1) is 0 Å². The highest BCUT2D eigenvalue weighted by molar-refractivity contribution is 6.33. The van der Waals surface area contributed by atoms with Gasteiger partial charge in [-0.15, -0.1) is 0 Å². The molecule has 0 unspecified atom stereocenters. The van der Waals surface area contributed by atoms with Gasteiger partial charge in [-0.25, -0.2) is 0 Å². The van der Waals surface area contributed by atoms with E-state index in [-0.39, 0.29) is 16.6 Å². The van der Waals surface area contributed by atoms with Crippen LogP contribution in [0.5, 0.6) is 5.75 Å². The van der Waals surface area contributed by atoms with Crippen molar-refractivity contribution < 1.29 is 27.5 Å². The number of anilines is 2. The molecule has 2 aromatic carbocycles. The maximum absolute atomic E-state index is 12.7. The Balaban J connectivity index is 2.00. The summed E-state index contributed by atoms with van der Waals surface area (Å²) < 4.78 is 43.4. The highest BCUT2D eigenvalue weighted by Crippen LogP contribution is 2.33. The largest absolute Gasteiger partial charge is 0.484 e. The van der Waals surface area contributed by atoms with Gasteiger partial charge in [-0.2, -0.15) is 13.2 Å². The molecule has 138 valence electrons. The van der Waals surface area contributed by atoms with E-state index in [9.17, 15) is 22.8 Å². The van der Waals surface area contributed by atoms with Crippen LogP contribution in [0.1, 0.15) is 12.5 Å². The molecule has 2 rings (SSSR count). The first-order valence-electron chi connectivity index (χ1n) is 7.32. The van der Waals surface area contributed by atoms with Crippen LogP contribution >= 0.6 is 11.6 Å². The molecule has 0 aromatic heterocycles. The van der Waals surface area contributed by atoms with Gasteiger partial charge in [0.15, 0.2) is 6.61 Å². The molecule has 0 aliphatic rings. The van der Waals surface area contributed by atoms with Gasteiger partial charge in [0.2, 0.25) is 5.91 Å². The zero-order valence-corrected chi connectivity index (χ0v) is 14.2. The molecule has 0 bridgehead atoms. The summed E-state index contributed by atoms with van der Waals surface area (Å²) in [6, 6.07) is 8.94. The van der Waals surface area contributed by atoms with Crippen LogP contribution < -0.4 is 15.4 Å². The van der Waals surface area contributed by atoms with Crippen molar-refractivity contribution in [3.8, 4) is 5.75 Å². The van der Waals surface area contributed by atoms with E-state index in [1.54, 1.807) is 18.2 Å². The normalized spacial score (nSPS) is 11.0. The Morgan fingerprint density at radius 3 is 2.50 bits per heavy atom. The predicted octanol–water partition coefficient (Wildman–Crippen LogP) is 4.33. The molecule has 0 aliphatic heterocycles. The van der Waals surface area contributed by atoms with Crippen LogP contribution in [-0.2, 0) is 15.8 Å². The molecule has 0 spiro atoms. The van der Waals surface area contributed by atoms with Crippen molar-refractivity contribution >= 4 is 34.8 Å². The monoisotopic (exact) mass is 386 g/mol. The molecule has 2 amide bonds. The summed E-state index contributed by atoms with van der Waals surface area (Å²) in [5.41, 5.74) is -0.612. The minimum atomic E-state index is -4.55. The highest BCUT2D eigenvalue weighted by Gasteiger charge is 2.31. The summed E-state index contributed by atoms with van der Waals surface area (Å²) in [5.74, 6) is -0.642. The Kier molecular flexibility index (Phi) is 6.10. The van der Waals surface area contributed by atoms with Gasteiger partial charge in [0.05, 0.1) is 16.3 Å². The quantitative estimate of drug-likeness (QED) is 0.803. The number of hydrogen-bond donors (Lipinski definition) is 2. The van der Waals surface area contributed by atoms with Crippen molar-refractivity contribution in [2.24, 2.45) is 0 Å². The lowest BCUT2D eigenvalue weighted by Gasteiger charge is -2.12. The smallest absolute Gasteiger partial charge is 0.416 e. The van der Waals surface area contributed by atoms with Gasteiger partial charge < -0.3 is 15.4 Å². The summed E-state index contributed by atoms with van der Waals surface area (Å²) in [6.45, 7) is 0.899. The van der Waals surface area contributed by atoms with Gasteiger partial charge in [0.25, 0.3) is 5.91 Å². The van der Waals surface area contributed by atoms with Crippen molar-refractivity contribution in [1.82, 2.24) is 0 Å². The van der Waals surface area contributed by atoms with Crippen LogP contribution in [0.3, 0.4) is 0 Å². The summed E-state index contributed by atoms with van der Waals surface area (Å²) in [4.78, 5) is 22.9. The van der Waals surface area contributed by atoms with Gasteiger partial charge in [-0.3, -0.25) is 9.59 Å². The second kappa shape index (κ2) is 8.09.